The van der Waals surface area contributed by atoms with Crippen molar-refractivity contribution in [2.75, 3.05) is 26.7 Å². The third-order valence-electron chi connectivity index (χ3n) is 6.03. The molecule has 0 N–H and O–H groups in total. The Hall–Kier alpha value is -2.08. The molecular formula is C24H36N2O4. The van der Waals surface area contributed by atoms with Gasteiger partial charge < -0.3 is 14.4 Å². The third kappa shape index (κ3) is 6.21. The molecular weight excluding hydrogens is 380 g/mol. The van der Waals surface area contributed by atoms with Crippen molar-refractivity contribution in [1.82, 2.24) is 9.80 Å². The quantitative estimate of drug-likeness (QED) is 0.654. The van der Waals surface area contributed by atoms with Crippen molar-refractivity contribution in [2.45, 2.75) is 64.6 Å². The van der Waals surface area contributed by atoms with Crippen LogP contribution in [-0.2, 0) is 20.8 Å². The summed E-state index contributed by atoms with van der Waals surface area (Å²) in [7, 11) is 1.42. The molecule has 3 atom stereocenters. The molecule has 0 spiro atoms. The molecule has 166 valence electrons. The van der Waals surface area contributed by atoms with E-state index in [2.05, 4.69) is 29.2 Å². The van der Waals surface area contributed by atoms with Crippen LogP contribution in [0.1, 0.15) is 52.0 Å². The van der Waals surface area contributed by atoms with Crippen LogP contribution in [0.3, 0.4) is 0 Å². The number of hydrogen-bond acceptors (Lipinski definition) is 5. The number of piperidine rings is 2. The molecule has 0 unspecified atom stereocenters. The van der Waals surface area contributed by atoms with Gasteiger partial charge in [0.2, 0.25) is 0 Å². The van der Waals surface area contributed by atoms with Crippen molar-refractivity contribution in [2.24, 2.45) is 11.8 Å². The van der Waals surface area contributed by atoms with Gasteiger partial charge in [-0.05, 0) is 57.4 Å². The summed E-state index contributed by atoms with van der Waals surface area (Å²) in [6.07, 6.45) is 2.81. The van der Waals surface area contributed by atoms with Crippen LogP contribution in [0.25, 0.3) is 0 Å². The molecule has 3 rings (SSSR count). The van der Waals surface area contributed by atoms with E-state index >= 15 is 0 Å². The summed E-state index contributed by atoms with van der Waals surface area (Å²) in [5.41, 5.74) is 0.809. The first-order valence-electron chi connectivity index (χ1n) is 11.1. The van der Waals surface area contributed by atoms with Gasteiger partial charge in [-0.25, -0.2) is 4.79 Å². The van der Waals surface area contributed by atoms with Crippen LogP contribution in [0.2, 0.25) is 0 Å². The van der Waals surface area contributed by atoms with Gasteiger partial charge in [0.15, 0.2) is 0 Å². The Kier molecular flexibility index (Phi) is 7.40. The lowest BCUT2D eigenvalue weighted by Crippen LogP contribution is -2.59. The molecule has 0 aliphatic carbocycles. The van der Waals surface area contributed by atoms with Crippen molar-refractivity contribution < 1.29 is 19.1 Å². The van der Waals surface area contributed by atoms with E-state index in [0.717, 1.165) is 45.4 Å². The van der Waals surface area contributed by atoms with Crippen LogP contribution in [-0.4, -0.2) is 60.2 Å². The average molecular weight is 417 g/mol. The first-order valence-corrected chi connectivity index (χ1v) is 11.1. The predicted molar refractivity (Wildman–Crippen MR) is 116 cm³/mol. The molecule has 30 heavy (non-hydrogen) atoms. The summed E-state index contributed by atoms with van der Waals surface area (Å²) in [5, 5.41) is 0. The lowest BCUT2D eigenvalue weighted by molar-refractivity contribution is -0.140. The van der Waals surface area contributed by atoms with E-state index in [0.29, 0.717) is 18.3 Å². The van der Waals surface area contributed by atoms with Gasteiger partial charge >= 0.3 is 12.1 Å². The van der Waals surface area contributed by atoms with Gasteiger partial charge in [0.25, 0.3) is 0 Å². The molecule has 2 heterocycles. The highest BCUT2D eigenvalue weighted by Crippen LogP contribution is 2.36. The summed E-state index contributed by atoms with van der Waals surface area (Å²) in [6, 6.07) is 10.7. The first kappa shape index (κ1) is 22.6. The summed E-state index contributed by atoms with van der Waals surface area (Å²) >= 11 is 0. The number of amides is 1. The predicted octanol–water partition coefficient (Wildman–Crippen LogP) is 4.09. The second kappa shape index (κ2) is 9.82. The van der Waals surface area contributed by atoms with Crippen molar-refractivity contribution in [3.8, 4) is 0 Å². The number of carbonyl (C=O) groups is 2. The summed E-state index contributed by atoms with van der Waals surface area (Å²) in [5.74, 6) is 0.657. The molecule has 6 nitrogen and oxygen atoms in total. The van der Waals surface area contributed by atoms with Crippen LogP contribution >= 0.6 is 0 Å². The van der Waals surface area contributed by atoms with Gasteiger partial charge in [0, 0.05) is 38.6 Å². The number of esters is 1. The van der Waals surface area contributed by atoms with Gasteiger partial charge in [-0.2, -0.15) is 0 Å². The Morgan fingerprint density at radius 3 is 2.50 bits per heavy atom. The van der Waals surface area contributed by atoms with E-state index in [4.69, 9.17) is 9.47 Å². The molecule has 1 aromatic carbocycles. The first-order chi connectivity index (χ1) is 14.2. The maximum Gasteiger partial charge on any atom is 0.410 e. The van der Waals surface area contributed by atoms with Gasteiger partial charge in [-0.3, -0.25) is 9.69 Å². The molecule has 0 radical (unpaired) electrons. The number of hydrogen-bond donors (Lipinski definition) is 0. The monoisotopic (exact) mass is 416 g/mol. The number of rotatable bonds is 6. The Labute approximate surface area is 180 Å². The van der Waals surface area contributed by atoms with E-state index in [9.17, 15) is 9.59 Å². The zero-order valence-electron chi connectivity index (χ0n) is 18.8. The van der Waals surface area contributed by atoms with E-state index in [1.807, 2.05) is 31.7 Å². The lowest BCUT2D eigenvalue weighted by atomic mass is 9.77. The van der Waals surface area contributed by atoms with Crippen molar-refractivity contribution >= 4 is 12.1 Å². The van der Waals surface area contributed by atoms with Crippen molar-refractivity contribution in [1.29, 1.82) is 0 Å². The molecule has 2 bridgehead atoms. The number of likely N-dealkylation sites (tertiary alicyclic amines) is 2. The Morgan fingerprint density at radius 2 is 1.83 bits per heavy atom. The molecule has 2 saturated heterocycles. The van der Waals surface area contributed by atoms with Gasteiger partial charge in [-0.15, -0.1) is 0 Å². The van der Waals surface area contributed by atoms with E-state index in [1.165, 1.54) is 12.7 Å². The fourth-order valence-corrected chi connectivity index (χ4v) is 4.88. The second-order valence-electron chi connectivity index (χ2n) is 9.71. The maximum absolute atomic E-state index is 13.0. The molecule has 2 aliphatic heterocycles. The van der Waals surface area contributed by atoms with Gasteiger partial charge in [-0.1, -0.05) is 30.3 Å². The average Bonchev–Trinajstić information content (AvgIpc) is 2.68. The van der Waals surface area contributed by atoms with Crippen LogP contribution in [0.5, 0.6) is 0 Å². The minimum atomic E-state index is -0.514. The number of ether oxygens (including phenoxy) is 2. The van der Waals surface area contributed by atoms with Crippen LogP contribution in [0.4, 0.5) is 4.79 Å². The molecule has 2 fully saturated rings. The van der Waals surface area contributed by atoms with Gasteiger partial charge in [0.1, 0.15) is 5.60 Å². The Morgan fingerprint density at radius 1 is 1.10 bits per heavy atom. The minimum Gasteiger partial charge on any atom is -0.469 e. The number of methoxy groups -OCH3 is 1. The van der Waals surface area contributed by atoms with Gasteiger partial charge in [0.05, 0.1) is 7.11 Å². The molecule has 6 heteroatoms. The van der Waals surface area contributed by atoms with E-state index < -0.39 is 5.60 Å². The molecule has 2 aliphatic rings. The van der Waals surface area contributed by atoms with Crippen LogP contribution in [0.15, 0.2) is 30.3 Å². The Balaban J connectivity index is 1.70. The highest BCUT2D eigenvalue weighted by Gasteiger charge is 2.43. The number of nitrogens with zero attached hydrogens (tertiary/aromatic N) is 2. The number of carbonyl (C=O) groups excluding carboxylic acids is 2. The SMILES string of the molecule is COC(=O)CCC[C@H]1[C@@H]2C[C@@H](CN(Cc3ccccc3)C2)CN1C(=O)OC(C)(C)C. The summed E-state index contributed by atoms with van der Waals surface area (Å²) < 4.78 is 10.5. The number of fused-ring (bicyclic) bond motifs is 2. The summed E-state index contributed by atoms with van der Waals surface area (Å²) in [6.45, 7) is 9.35. The smallest absolute Gasteiger partial charge is 0.410 e. The zero-order valence-corrected chi connectivity index (χ0v) is 18.8. The molecule has 0 saturated carbocycles. The normalized spacial score (nSPS) is 24.4. The van der Waals surface area contributed by atoms with Crippen LogP contribution in [0, 0.1) is 11.8 Å². The standard InChI is InChI=1S/C24H36N2O4/c1-24(2,3)30-23(28)26-16-19-13-20(21(26)11-8-12-22(27)29-4)17-25(15-19)14-18-9-6-5-7-10-18/h5-7,9-10,19-21H,8,11-17H2,1-4H3/t19-,20+,21-/m0/s1. The van der Waals surface area contributed by atoms with Crippen molar-refractivity contribution in [3.05, 3.63) is 35.9 Å². The van der Waals surface area contributed by atoms with E-state index in [-0.39, 0.29) is 18.1 Å². The lowest BCUT2D eigenvalue weighted by Gasteiger charge is -2.50. The topological polar surface area (TPSA) is 59.1 Å². The fraction of sp³-hybridized carbons (Fsp3) is 0.667. The molecule has 1 amide bonds. The second-order valence-corrected chi connectivity index (χ2v) is 9.71. The molecule has 0 aromatic heterocycles. The highest BCUT2D eigenvalue weighted by molar-refractivity contribution is 5.69. The zero-order chi connectivity index (χ0) is 21.7. The highest BCUT2D eigenvalue weighted by atomic mass is 16.6. The van der Waals surface area contributed by atoms with E-state index in [1.54, 1.807) is 0 Å². The van der Waals surface area contributed by atoms with Crippen LogP contribution < -0.4 is 0 Å². The maximum atomic E-state index is 13.0. The Bertz CT molecular complexity index is 716. The third-order valence-corrected chi connectivity index (χ3v) is 6.03. The number of benzene rings is 1. The summed E-state index contributed by atoms with van der Waals surface area (Å²) in [4.78, 5) is 29.0. The minimum absolute atomic E-state index is 0.0966. The van der Waals surface area contributed by atoms with Crippen molar-refractivity contribution in [3.63, 3.8) is 0 Å². The fourth-order valence-electron chi connectivity index (χ4n) is 4.88. The largest absolute Gasteiger partial charge is 0.469 e. The molecule has 1 aromatic rings.